The van der Waals surface area contributed by atoms with E-state index in [1.54, 1.807) is 0 Å². The molecular weight excluding hydrogens is 305 g/mol. The van der Waals surface area contributed by atoms with E-state index in [4.69, 9.17) is 27.9 Å². The van der Waals surface area contributed by atoms with E-state index >= 15 is 0 Å². The molecule has 0 aliphatic rings. The lowest BCUT2D eigenvalue weighted by molar-refractivity contribution is 0.469. The first-order valence-electron chi connectivity index (χ1n) is 6.92. The minimum absolute atomic E-state index is 0.372. The Balaban J connectivity index is 2.28. The summed E-state index contributed by atoms with van der Waals surface area (Å²) >= 11 is 12.5. The van der Waals surface area contributed by atoms with Crippen molar-refractivity contribution in [2.75, 3.05) is 0 Å². The number of hydrogen-bond acceptors (Lipinski definition) is 2. The van der Waals surface area contributed by atoms with Gasteiger partial charge < -0.3 is 10.1 Å². The summed E-state index contributed by atoms with van der Waals surface area (Å²) in [5.41, 5.74) is 2.03. The number of aryl methyl sites for hydroxylation is 1. The average Bonchev–Trinajstić information content (AvgIpc) is 2.41. The number of rotatable bonds is 5. The summed E-state index contributed by atoms with van der Waals surface area (Å²) in [7, 11) is 0. The van der Waals surface area contributed by atoms with Crippen LogP contribution in [0.1, 0.15) is 25.0 Å². The second-order valence-corrected chi connectivity index (χ2v) is 6.10. The summed E-state index contributed by atoms with van der Waals surface area (Å²) < 4.78 is 5.95. The molecule has 0 spiro atoms. The maximum atomic E-state index is 6.29. The highest BCUT2D eigenvalue weighted by atomic mass is 35.5. The number of halogens is 2. The first kappa shape index (κ1) is 16.2. The van der Waals surface area contributed by atoms with Crippen LogP contribution in [0.2, 0.25) is 10.0 Å². The zero-order valence-electron chi connectivity index (χ0n) is 12.4. The first-order chi connectivity index (χ1) is 9.97. The molecule has 2 aromatic rings. The van der Waals surface area contributed by atoms with Gasteiger partial charge in [-0.25, -0.2) is 0 Å². The van der Waals surface area contributed by atoms with Crippen LogP contribution < -0.4 is 10.1 Å². The second kappa shape index (κ2) is 7.17. The Morgan fingerprint density at radius 1 is 1.05 bits per heavy atom. The van der Waals surface area contributed by atoms with Gasteiger partial charge in [-0.05, 0) is 36.8 Å². The van der Waals surface area contributed by atoms with E-state index in [0.717, 1.165) is 16.9 Å². The molecule has 112 valence electrons. The lowest BCUT2D eigenvalue weighted by Crippen LogP contribution is -2.22. The van der Waals surface area contributed by atoms with Crippen LogP contribution in [0, 0.1) is 6.92 Å². The third-order valence-electron chi connectivity index (χ3n) is 3.07. The molecule has 0 radical (unpaired) electrons. The van der Waals surface area contributed by atoms with Gasteiger partial charge in [0.2, 0.25) is 0 Å². The van der Waals surface area contributed by atoms with Gasteiger partial charge in [-0.3, -0.25) is 0 Å². The van der Waals surface area contributed by atoms with Gasteiger partial charge in [0.25, 0.3) is 0 Å². The molecular formula is C17H19Cl2NO. The Morgan fingerprint density at radius 3 is 2.48 bits per heavy atom. The molecule has 0 aromatic heterocycles. The van der Waals surface area contributed by atoms with E-state index < -0.39 is 0 Å². The Kier molecular flexibility index (Phi) is 5.51. The third kappa shape index (κ3) is 4.37. The fraction of sp³-hybridized carbons (Fsp3) is 0.294. The first-order valence-corrected chi connectivity index (χ1v) is 7.67. The van der Waals surface area contributed by atoms with Crippen molar-refractivity contribution in [1.29, 1.82) is 0 Å². The van der Waals surface area contributed by atoms with Crippen LogP contribution in [0.4, 0.5) is 0 Å². The van der Waals surface area contributed by atoms with Gasteiger partial charge in [0.05, 0.1) is 5.02 Å². The summed E-state index contributed by atoms with van der Waals surface area (Å²) in [6.45, 7) is 6.83. The molecule has 0 unspecified atom stereocenters. The van der Waals surface area contributed by atoms with E-state index in [1.165, 1.54) is 0 Å². The Morgan fingerprint density at radius 2 is 1.81 bits per heavy atom. The molecule has 0 aliphatic carbocycles. The molecule has 0 atom stereocenters. The van der Waals surface area contributed by atoms with Crippen LogP contribution in [-0.2, 0) is 6.54 Å². The molecule has 2 nitrogen and oxygen atoms in total. The monoisotopic (exact) mass is 323 g/mol. The van der Waals surface area contributed by atoms with E-state index in [-0.39, 0.29) is 0 Å². The minimum atomic E-state index is 0.372. The van der Waals surface area contributed by atoms with Crippen molar-refractivity contribution in [2.45, 2.75) is 33.4 Å². The fourth-order valence-corrected chi connectivity index (χ4v) is 2.43. The van der Waals surface area contributed by atoms with Crippen molar-refractivity contribution in [3.8, 4) is 11.5 Å². The van der Waals surface area contributed by atoms with Crippen molar-refractivity contribution in [2.24, 2.45) is 0 Å². The maximum Gasteiger partial charge on any atom is 0.146 e. The van der Waals surface area contributed by atoms with Crippen molar-refractivity contribution >= 4 is 23.2 Å². The summed E-state index contributed by atoms with van der Waals surface area (Å²) in [5.74, 6) is 1.36. The summed E-state index contributed by atoms with van der Waals surface area (Å²) in [4.78, 5) is 0. The van der Waals surface area contributed by atoms with Crippen LogP contribution in [-0.4, -0.2) is 6.04 Å². The lowest BCUT2D eigenvalue weighted by Gasteiger charge is -2.15. The van der Waals surface area contributed by atoms with E-state index in [0.29, 0.717) is 28.4 Å². The van der Waals surface area contributed by atoms with Crippen molar-refractivity contribution in [3.05, 3.63) is 57.6 Å². The van der Waals surface area contributed by atoms with Crippen LogP contribution in [0.15, 0.2) is 36.4 Å². The zero-order chi connectivity index (χ0) is 15.4. The highest BCUT2D eigenvalue weighted by molar-refractivity contribution is 6.32. The van der Waals surface area contributed by atoms with E-state index in [9.17, 15) is 0 Å². The quantitative estimate of drug-likeness (QED) is 0.774. The van der Waals surface area contributed by atoms with Crippen LogP contribution in [0.3, 0.4) is 0 Å². The van der Waals surface area contributed by atoms with Gasteiger partial charge in [0.15, 0.2) is 0 Å². The van der Waals surface area contributed by atoms with Crippen LogP contribution in [0.5, 0.6) is 11.5 Å². The molecule has 21 heavy (non-hydrogen) atoms. The molecule has 0 aliphatic heterocycles. The van der Waals surface area contributed by atoms with Crippen molar-refractivity contribution < 1.29 is 4.74 Å². The van der Waals surface area contributed by atoms with Gasteiger partial charge in [0.1, 0.15) is 11.5 Å². The second-order valence-electron chi connectivity index (χ2n) is 5.29. The topological polar surface area (TPSA) is 21.3 Å². The Hall–Kier alpha value is -1.22. The Labute approximate surface area is 136 Å². The number of nitrogens with one attached hydrogen (secondary N) is 1. The van der Waals surface area contributed by atoms with Gasteiger partial charge in [0, 0.05) is 23.2 Å². The normalized spacial score (nSPS) is 11.0. The maximum absolute atomic E-state index is 6.29. The molecule has 4 heteroatoms. The fourth-order valence-electron chi connectivity index (χ4n) is 1.92. The van der Waals surface area contributed by atoms with Crippen molar-refractivity contribution in [1.82, 2.24) is 5.32 Å². The molecule has 0 heterocycles. The molecule has 0 amide bonds. The van der Waals surface area contributed by atoms with Gasteiger partial charge >= 0.3 is 0 Å². The molecule has 2 aromatic carbocycles. The third-order valence-corrected chi connectivity index (χ3v) is 3.72. The van der Waals surface area contributed by atoms with Crippen LogP contribution >= 0.6 is 23.2 Å². The lowest BCUT2D eigenvalue weighted by atomic mass is 10.2. The summed E-state index contributed by atoms with van der Waals surface area (Å²) in [5, 5.41) is 4.63. The predicted octanol–water partition coefficient (Wildman–Crippen LogP) is 5.59. The molecule has 0 saturated carbocycles. The highest BCUT2D eigenvalue weighted by Gasteiger charge is 2.11. The molecule has 0 bridgehead atoms. The molecule has 2 rings (SSSR count). The van der Waals surface area contributed by atoms with Gasteiger partial charge in [-0.15, -0.1) is 0 Å². The molecule has 0 saturated heterocycles. The zero-order valence-corrected chi connectivity index (χ0v) is 13.9. The van der Waals surface area contributed by atoms with E-state index in [1.807, 2.05) is 43.3 Å². The van der Waals surface area contributed by atoms with E-state index in [2.05, 4.69) is 19.2 Å². The van der Waals surface area contributed by atoms with Gasteiger partial charge in [-0.1, -0.05) is 49.2 Å². The van der Waals surface area contributed by atoms with Gasteiger partial charge in [-0.2, -0.15) is 0 Å². The van der Waals surface area contributed by atoms with Crippen LogP contribution in [0.25, 0.3) is 0 Å². The summed E-state index contributed by atoms with van der Waals surface area (Å²) in [6.07, 6.45) is 0. The smallest absolute Gasteiger partial charge is 0.146 e. The standard InChI is InChI=1S/C17H19Cl2NO/c1-11(2)20-10-13-14(18)5-4-6-16(13)21-17-8-7-12(3)9-15(17)19/h4-9,11,20H,10H2,1-3H3. The largest absolute Gasteiger partial charge is 0.455 e. The van der Waals surface area contributed by atoms with Crippen molar-refractivity contribution in [3.63, 3.8) is 0 Å². The SMILES string of the molecule is Cc1ccc(Oc2cccc(Cl)c2CNC(C)C)c(Cl)c1. The average molecular weight is 324 g/mol. The minimum Gasteiger partial charge on any atom is -0.455 e. The number of ether oxygens (including phenoxy) is 1. The number of hydrogen-bond donors (Lipinski definition) is 1. The molecule has 1 N–H and O–H groups in total. The summed E-state index contributed by atoms with van der Waals surface area (Å²) in [6, 6.07) is 11.7. The highest BCUT2D eigenvalue weighted by Crippen LogP contribution is 2.34. The predicted molar refractivity (Wildman–Crippen MR) is 89.7 cm³/mol. The Bertz CT molecular complexity index is 626. The molecule has 0 fully saturated rings. The number of benzene rings is 2.